The molecule has 0 bridgehead atoms. The van der Waals surface area contributed by atoms with E-state index in [1.807, 2.05) is 36.4 Å². The Morgan fingerprint density at radius 3 is 2.03 bits per heavy atom. The number of para-hydroxylation sites is 2. The molecule has 1 heterocycles. The third-order valence-electron chi connectivity index (χ3n) is 6.08. The first-order valence-corrected chi connectivity index (χ1v) is 12.0. The molecule has 1 unspecified atom stereocenters. The molecule has 6 nitrogen and oxygen atoms in total. The van der Waals surface area contributed by atoms with Crippen molar-refractivity contribution in [1.82, 2.24) is 9.47 Å². The highest BCUT2D eigenvalue weighted by Gasteiger charge is 2.16. The number of aliphatic hydroxyl groups excluding tert-OH is 3. The minimum atomic E-state index is -0.556. The molecule has 3 aromatic carbocycles. The molecule has 34 heavy (non-hydrogen) atoms. The largest absolute Gasteiger partial charge is 0.494 e. The zero-order chi connectivity index (χ0) is 23.8. The summed E-state index contributed by atoms with van der Waals surface area (Å²) in [6, 6.07) is 24.6. The molecular weight excluding hydrogens is 428 g/mol. The number of ether oxygens (including phenoxy) is 1. The van der Waals surface area contributed by atoms with Gasteiger partial charge < -0.3 is 24.6 Å². The first-order chi connectivity index (χ1) is 16.7. The minimum absolute atomic E-state index is 0.120. The van der Waals surface area contributed by atoms with Crippen molar-refractivity contribution in [1.29, 1.82) is 0 Å². The van der Waals surface area contributed by atoms with E-state index in [0.29, 0.717) is 45.6 Å². The summed E-state index contributed by atoms with van der Waals surface area (Å²) in [6.07, 6.45) is 0.712. The van der Waals surface area contributed by atoms with Gasteiger partial charge in [-0.15, -0.1) is 0 Å². The van der Waals surface area contributed by atoms with E-state index in [2.05, 4.69) is 45.9 Å². The smallest absolute Gasteiger partial charge is 0.119 e. The van der Waals surface area contributed by atoms with E-state index in [0.717, 1.165) is 22.3 Å². The van der Waals surface area contributed by atoms with Gasteiger partial charge in [-0.05, 0) is 36.2 Å². The van der Waals surface area contributed by atoms with E-state index in [1.165, 1.54) is 10.8 Å². The Labute approximate surface area is 200 Å². The minimum Gasteiger partial charge on any atom is -0.494 e. The van der Waals surface area contributed by atoms with Crippen molar-refractivity contribution in [3.8, 4) is 5.75 Å². The molecule has 1 aromatic heterocycles. The molecule has 0 saturated carbocycles. The summed E-state index contributed by atoms with van der Waals surface area (Å²) in [4.78, 5) is 2.19. The molecule has 0 aliphatic rings. The maximum atomic E-state index is 11.1. The van der Waals surface area contributed by atoms with Crippen LogP contribution < -0.4 is 4.74 Å². The number of nitrogens with zero attached hydrogens (tertiary/aromatic N) is 2. The van der Waals surface area contributed by atoms with E-state index in [4.69, 9.17) is 9.84 Å². The lowest BCUT2D eigenvalue weighted by atomic mass is 10.2. The SMILES string of the molecule is OCCCOc1ccc(CN(CCCO)CC(O)Cn2c3ccccc3c3ccccc32)cc1. The zero-order valence-corrected chi connectivity index (χ0v) is 19.5. The van der Waals surface area contributed by atoms with Gasteiger partial charge in [0.2, 0.25) is 0 Å². The van der Waals surface area contributed by atoms with E-state index in [1.54, 1.807) is 0 Å². The molecule has 0 fully saturated rings. The summed E-state index contributed by atoms with van der Waals surface area (Å²) in [5.74, 6) is 0.783. The zero-order valence-electron chi connectivity index (χ0n) is 19.5. The first-order valence-electron chi connectivity index (χ1n) is 12.0. The maximum absolute atomic E-state index is 11.1. The van der Waals surface area contributed by atoms with Crippen LogP contribution in [0.4, 0.5) is 0 Å². The molecule has 0 aliphatic heterocycles. The van der Waals surface area contributed by atoms with Crippen molar-refractivity contribution in [2.75, 3.05) is 32.9 Å². The second-order valence-electron chi connectivity index (χ2n) is 8.68. The third-order valence-corrected chi connectivity index (χ3v) is 6.08. The van der Waals surface area contributed by atoms with E-state index >= 15 is 0 Å². The molecule has 0 saturated heterocycles. The Morgan fingerprint density at radius 2 is 1.41 bits per heavy atom. The molecular formula is C28H34N2O4. The number of hydrogen-bond donors (Lipinski definition) is 3. The fourth-order valence-corrected chi connectivity index (χ4v) is 4.50. The lowest BCUT2D eigenvalue weighted by molar-refractivity contribution is 0.0921. The van der Waals surface area contributed by atoms with Crippen molar-refractivity contribution in [3.63, 3.8) is 0 Å². The number of hydrogen-bond acceptors (Lipinski definition) is 5. The average molecular weight is 463 g/mol. The van der Waals surface area contributed by atoms with Crippen LogP contribution in [0.1, 0.15) is 18.4 Å². The summed E-state index contributed by atoms with van der Waals surface area (Å²) in [5.41, 5.74) is 3.37. The summed E-state index contributed by atoms with van der Waals surface area (Å²) in [7, 11) is 0. The number of rotatable bonds is 13. The molecule has 0 aliphatic carbocycles. The monoisotopic (exact) mass is 462 g/mol. The Hall–Kier alpha value is -2.90. The predicted octanol–water partition coefficient (Wildman–Crippen LogP) is 3.80. The van der Waals surface area contributed by atoms with Gasteiger partial charge in [0, 0.05) is 61.1 Å². The fourth-order valence-electron chi connectivity index (χ4n) is 4.50. The molecule has 3 N–H and O–H groups in total. The Morgan fingerprint density at radius 1 is 0.794 bits per heavy atom. The van der Waals surface area contributed by atoms with Crippen molar-refractivity contribution in [2.24, 2.45) is 0 Å². The number of aromatic nitrogens is 1. The number of aliphatic hydroxyl groups is 3. The van der Waals surface area contributed by atoms with Crippen LogP contribution in [-0.4, -0.2) is 63.8 Å². The van der Waals surface area contributed by atoms with Crippen LogP contribution >= 0.6 is 0 Å². The van der Waals surface area contributed by atoms with Gasteiger partial charge >= 0.3 is 0 Å². The van der Waals surface area contributed by atoms with E-state index in [-0.39, 0.29) is 13.2 Å². The first kappa shape index (κ1) is 24.2. The molecule has 0 amide bonds. The van der Waals surface area contributed by atoms with Gasteiger partial charge in [-0.3, -0.25) is 4.90 Å². The molecule has 0 spiro atoms. The van der Waals surface area contributed by atoms with Crippen molar-refractivity contribution < 1.29 is 20.1 Å². The number of fused-ring (bicyclic) bond motifs is 3. The van der Waals surface area contributed by atoms with Crippen LogP contribution in [0.2, 0.25) is 0 Å². The summed E-state index contributed by atoms with van der Waals surface area (Å²) < 4.78 is 7.82. The Kier molecular flexibility index (Phi) is 8.55. The summed E-state index contributed by atoms with van der Waals surface area (Å²) in [6.45, 7) is 3.13. The highest BCUT2D eigenvalue weighted by atomic mass is 16.5. The quantitative estimate of drug-likeness (QED) is 0.264. The third kappa shape index (κ3) is 5.96. The summed E-state index contributed by atoms with van der Waals surface area (Å²) >= 11 is 0. The fraction of sp³-hybridized carbons (Fsp3) is 0.357. The molecule has 180 valence electrons. The van der Waals surface area contributed by atoms with Gasteiger partial charge in [0.25, 0.3) is 0 Å². The van der Waals surface area contributed by atoms with E-state index in [9.17, 15) is 10.2 Å². The molecule has 4 rings (SSSR count). The standard InChI is InChI=1S/C28H34N2O4/c31-16-5-15-29(19-22-11-13-24(14-12-22)34-18-6-17-32)20-23(33)21-30-27-9-3-1-7-25(27)26-8-2-4-10-28(26)30/h1-4,7-14,23,31-33H,5-6,15-21H2. The molecule has 6 heteroatoms. The lowest BCUT2D eigenvalue weighted by Crippen LogP contribution is -2.35. The second-order valence-corrected chi connectivity index (χ2v) is 8.68. The average Bonchev–Trinajstić information content (AvgIpc) is 3.17. The highest BCUT2D eigenvalue weighted by Crippen LogP contribution is 2.29. The van der Waals surface area contributed by atoms with Gasteiger partial charge in [0.15, 0.2) is 0 Å². The van der Waals surface area contributed by atoms with Crippen molar-refractivity contribution in [2.45, 2.75) is 32.0 Å². The topological polar surface area (TPSA) is 78.1 Å². The highest BCUT2D eigenvalue weighted by molar-refractivity contribution is 6.07. The van der Waals surface area contributed by atoms with Gasteiger partial charge in [0.05, 0.1) is 19.3 Å². The van der Waals surface area contributed by atoms with Gasteiger partial charge in [-0.25, -0.2) is 0 Å². The van der Waals surface area contributed by atoms with Crippen LogP contribution in [0.15, 0.2) is 72.8 Å². The van der Waals surface area contributed by atoms with Gasteiger partial charge in [0.1, 0.15) is 5.75 Å². The van der Waals surface area contributed by atoms with Gasteiger partial charge in [-0.1, -0.05) is 48.5 Å². The van der Waals surface area contributed by atoms with E-state index < -0.39 is 6.10 Å². The van der Waals surface area contributed by atoms with Crippen LogP contribution in [0.3, 0.4) is 0 Å². The van der Waals surface area contributed by atoms with Crippen molar-refractivity contribution >= 4 is 21.8 Å². The maximum Gasteiger partial charge on any atom is 0.119 e. The molecule has 1 atom stereocenters. The Balaban J connectivity index is 1.45. The van der Waals surface area contributed by atoms with Crippen LogP contribution in [0.25, 0.3) is 21.8 Å². The van der Waals surface area contributed by atoms with Crippen molar-refractivity contribution in [3.05, 3.63) is 78.4 Å². The summed E-state index contributed by atoms with van der Waals surface area (Å²) in [5, 5.41) is 31.7. The molecule has 0 radical (unpaired) electrons. The normalized spacial score (nSPS) is 12.6. The predicted molar refractivity (Wildman–Crippen MR) is 136 cm³/mol. The van der Waals surface area contributed by atoms with Crippen LogP contribution in [0, 0.1) is 0 Å². The second kappa shape index (κ2) is 12.0. The van der Waals surface area contributed by atoms with Gasteiger partial charge in [-0.2, -0.15) is 0 Å². The van der Waals surface area contributed by atoms with Crippen LogP contribution in [-0.2, 0) is 13.1 Å². The molecule has 4 aromatic rings. The number of benzene rings is 3. The Bertz CT molecular complexity index is 1120. The van der Waals surface area contributed by atoms with Crippen LogP contribution in [0.5, 0.6) is 5.75 Å². The lowest BCUT2D eigenvalue weighted by Gasteiger charge is -2.26.